The molecule has 3 rings (SSSR count). The summed E-state index contributed by atoms with van der Waals surface area (Å²) in [7, 11) is -1.48. The van der Waals surface area contributed by atoms with Crippen LogP contribution in [0.5, 0.6) is 0 Å². The van der Waals surface area contributed by atoms with E-state index in [4.69, 9.17) is 9.47 Å². The summed E-state index contributed by atoms with van der Waals surface area (Å²) in [6.07, 6.45) is 2.20. The number of nitrogens with zero attached hydrogens (tertiary/aromatic N) is 1. The summed E-state index contributed by atoms with van der Waals surface area (Å²) in [6.45, 7) is 0.0835. The van der Waals surface area contributed by atoms with E-state index in [1.807, 2.05) is 0 Å². The van der Waals surface area contributed by atoms with Gasteiger partial charge in [0.25, 0.3) is 5.91 Å². The Labute approximate surface area is 153 Å². The van der Waals surface area contributed by atoms with E-state index in [1.54, 1.807) is 36.3 Å². The van der Waals surface area contributed by atoms with E-state index in [-0.39, 0.29) is 36.1 Å². The minimum Gasteiger partial charge on any atom is -0.452 e. The number of rotatable bonds is 7. The zero-order chi connectivity index (χ0) is 18.7. The van der Waals surface area contributed by atoms with Crippen LogP contribution in [0.3, 0.4) is 0 Å². The van der Waals surface area contributed by atoms with Crippen molar-refractivity contribution < 1.29 is 27.5 Å². The molecule has 1 saturated heterocycles. The third-order valence-corrected chi connectivity index (χ3v) is 6.41. The first-order valence-electron chi connectivity index (χ1n) is 8.66. The van der Waals surface area contributed by atoms with E-state index in [1.165, 1.54) is 0 Å². The van der Waals surface area contributed by atoms with E-state index < -0.39 is 15.8 Å². The van der Waals surface area contributed by atoms with Crippen LogP contribution in [0.15, 0.2) is 24.3 Å². The summed E-state index contributed by atoms with van der Waals surface area (Å²) >= 11 is 0. The second kappa shape index (κ2) is 7.75. The van der Waals surface area contributed by atoms with Crippen molar-refractivity contribution in [3.8, 4) is 0 Å². The number of carbonyl (C=O) groups excluding carboxylic acids is 2. The van der Waals surface area contributed by atoms with Gasteiger partial charge in [0.15, 0.2) is 16.4 Å². The minimum absolute atomic E-state index is 0.00412. The van der Waals surface area contributed by atoms with Crippen molar-refractivity contribution in [1.82, 2.24) is 4.90 Å². The van der Waals surface area contributed by atoms with Gasteiger partial charge in [-0.3, -0.25) is 4.79 Å². The van der Waals surface area contributed by atoms with Gasteiger partial charge in [0.05, 0.1) is 23.7 Å². The fourth-order valence-electron chi connectivity index (χ4n) is 3.24. The molecule has 1 aliphatic carbocycles. The highest BCUT2D eigenvalue weighted by Crippen LogP contribution is 2.32. The van der Waals surface area contributed by atoms with Gasteiger partial charge >= 0.3 is 5.97 Å². The van der Waals surface area contributed by atoms with Crippen LogP contribution < -0.4 is 0 Å². The molecule has 1 amide bonds. The second-order valence-corrected chi connectivity index (χ2v) is 9.02. The molecule has 1 aliphatic heterocycles. The lowest BCUT2D eigenvalue weighted by molar-refractivity contribution is -0.137. The van der Waals surface area contributed by atoms with Crippen molar-refractivity contribution in [3.05, 3.63) is 35.4 Å². The Morgan fingerprint density at radius 1 is 1.12 bits per heavy atom. The molecule has 0 bridgehead atoms. The van der Waals surface area contributed by atoms with Crippen molar-refractivity contribution in [2.24, 2.45) is 0 Å². The minimum atomic E-state index is -3.07. The highest BCUT2D eigenvalue weighted by Gasteiger charge is 2.42. The molecule has 142 valence electrons. The molecule has 0 aromatic heterocycles. The Kier molecular flexibility index (Phi) is 5.62. The zero-order valence-corrected chi connectivity index (χ0v) is 15.5. The molecule has 0 N–H and O–H groups in total. The van der Waals surface area contributed by atoms with E-state index >= 15 is 0 Å². The normalized spacial score (nSPS) is 21.3. The number of amides is 1. The van der Waals surface area contributed by atoms with Gasteiger partial charge in [-0.1, -0.05) is 12.1 Å². The molecule has 8 heteroatoms. The summed E-state index contributed by atoms with van der Waals surface area (Å²) in [5.74, 6) is -0.776. The van der Waals surface area contributed by atoms with Crippen LogP contribution in [0.2, 0.25) is 0 Å². The lowest BCUT2D eigenvalue weighted by Gasteiger charge is -2.28. The van der Waals surface area contributed by atoms with Crippen molar-refractivity contribution in [2.75, 3.05) is 25.2 Å². The van der Waals surface area contributed by atoms with Crippen molar-refractivity contribution in [3.63, 3.8) is 0 Å². The summed E-state index contributed by atoms with van der Waals surface area (Å²) in [6, 6.07) is 6.57. The smallest absolute Gasteiger partial charge is 0.338 e. The first-order chi connectivity index (χ1) is 12.4. The van der Waals surface area contributed by atoms with Gasteiger partial charge in [0.1, 0.15) is 0 Å². The van der Waals surface area contributed by atoms with Gasteiger partial charge in [-0.15, -0.1) is 0 Å². The highest BCUT2D eigenvalue weighted by molar-refractivity contribution is 7.91. The first kappa shape index (κ1) is 18.8. The number of ether oxygens (including phenoxy) is 2. The van der Waals surface area contributed by atoms with E-state index in [0.717, 1.165) is 18.4 Å². The van der Waals surface area contributed by atoms with Crippen LogP contribution in [-0.4, -0.2) is 62.5 Å². The molecule has 0 spiro atoms. The van der Waals surface area contributed by atoms with Crippen molar-refractivity contribution >= 4 is 21.7 Å². The second-order valence-electron chi connectivity index (χ2n) is 6.80. The van der Waals surface area contributed by atoms with E-state index in [2.05, 4.69) is 0 Å². The van der Waals surface area contributed by atoms with Crippen LogP contribution in [0.1, 0.15) is 35.2 Å². The molecule has 1 atom stereocenters. The standard InChI is InChI=1S/C18H23NO6S/c1-24-10-13-2-4-14(5-3-13)18(21)25-11-17(20)19(15-6-7-15)16-8-9-26(22,23)12-16/h2-5,15-16H,6-12H2,1H3/t16-/m1/s1. The Morgan fingerprint density at radius 2 is 1.81 bits per heavy atom. The number of methoxy groups -OCH3 is 1. The predicted molar refractivity (Wildman–Crippen MR) is 94.4 cm³/mol. The van der Waals surface area contributed by atoms with Crippen LogP contribution in [0, 0.1) is 0 Å². The topological polar surface area (TPSA) is 90.0 Å². The Bertz CT molecular complexity index is 769. The van der Waals surface area contributed by atoms with Gasteiger partial charge in [0, 0.05) is 19.2 Å². The van der Waals surface area contributed by atoms with Crippen LogP contribution in [-0.2, 0) is 30.7 Å². The molecule has 2 aliphatic rings. The quantitative estimate of drug-likeness (QED) is 0.659. The number of carbonyl (C=O) groups is 2. The van der Waals surface area contributed by atoms with E-state index in [9.17, 15) is 18.0 Å². The summed E-state index contributed by atoms with van der Waals surface area (Å²) < 4.78 is 33.6. The number of esters is 1. The van der Waals surface area contributed by atoms with E-state index in [0.29, 0.717) is 18.6 Å². The number of hydrogen-bond donors (Lipinski definition) is 0. The van der Waals surface area contributed by atoms with Gasteiger partial charge in [-0.05, 0) is 37.0 Å². The Balaban J connectivity index is 1.57. The molecule has 0 unspecified atom stereocenters. The fraction of sp³-hybridized carbons (Fsp3) is 0.556. The summed E-state index contributed by atoms with van der Waals surface area (Å²) in [4.78, 5) is 26.3. The first-order valence-corrected chi connectivity index (χ1v) is 10.5. The molecule has 1 aromatic carbocycles. The largest absolute Gasteiger partial charge is 0.452 e. The van der Waals surface area contributed by atoms with Gasteiger partial charge in [-0.25, -0.2) is 13.2 Å². The summed E-state index contributed by atoms with van der Waals surface area (Å²) in [5.41, 5.74) is 1.29. The van der Waals surface area contributed by atoms with Gasteiger partial charge < -0.3 is 14.4 Å². The molecule has 1 heterocycles. The van der Waals surface area contributed by atoms with Gasteiger partial charge in [0.2, 0.25) is 0 Å². The fourth-order valence-corrected chi connectivity index (χ4v) is 4.95. The van der Waals surface area contributed by atoms with Gasteiger partial charge in [-0.2, -0.15) is 0 Å². The Morgan fingerprint density at radius 3 is 2.35 bits per heavy atom. The SMILES string of the molecule is COCc1ccc(C(=O)OCC(=O)N(C2CC2)[C@@H]2CCS(=O)(=O)C2)cc1. The third-order valence-electron chi connectivity index (χ3n) is 4.66. The summed E-state index contributed by atoms with van der Waals surface area (Å²) in [5, 5.41) is 0. The highest BCUT2D eigenvalue weighted by atomic mass is 32.2. The lowest BCUT2D eigenvalue weighted by Crippen LogP contribution is -2.44. The third kappa shape index (κ3) is 4.62. The number of sulfone groups is 1. The molecule has 2 fully saturated rings. The maximum Gasteiger partial charge on any atom is 0.338 e. The van der Waals surface area contributed by atoms with Crippen LogP contribution >= 0.6 is 0 Å². The molecule has 1 saturated carbocycles. The zero-order valence-electron chi connectivity index (χ0n) is 14.7. The van der Waals surface area contributed by atoms with Crippen LogP contribution in [0.4, 0.5) is 0 Å². The molecular weight excluding hydrogens is 358 g/mol. The molecule has 26 heavy (non-hydrogen) atoms. The predicted octanol–water partition coefficient (Wildman–Crippen LogP) is 1.17. The average Bonchev–Trinajstić information content (AvgIpc) is 3.37. The number of benzene rings is 1. The maximum atomic E-state index is 12.5. The van der Waals surface area contributed by atoms with Crippen molar-refractivity contribution in [1.29, 1.82) is 0 Å². The molecule has 0 radical (unpaired) electrons. The molecule has 1 aromatic rings. The van der Waals surface area contributed by atoms with Crippen molar-refractivity contribution in [2.45, 2.75) is 38.0 Å². The average molecular weight is 381 g/mol. The molecular formula is C18H23NO6S. The Hall–Kier alpha value is -1.93. The van der Waals surface area contributed by atoms with Crippen LogP contribution in [0.25, 0.3) is 0 Å². The molecule has 7 nitrogen and oxygen atoms in total. The lowest BCUT2D eigenvalue weighted by atomic mass is 10.1. The maximum absolute atomic E-state index is 12.5. The number of hydrogen-bond acceptors (Lipinski definition) is 6. The monoisotopic (exact) mass is 381 g/mol.